The van der Waals surface area contributed by atoms with Crippen molar-refractivity contribution >= 4 is 51.9 Å². The third kappa shape index (κ3) is 6.17. The van der Waals surface area contributed by atoms with Gasteiger partial charge in [-0.25, -0.2) is 9.89 Å². The first-order valence-corrected chi connectivity index (χ1v) is 15.6. The van der Waals surface area contributed by atoms with Gasteiger partial charge < -0.3 is 15.1 Å². The summed E-state index contributed by atoms with van der Waals surface area (Å²) >= 11 is 1.27. The maximum absolute atomic E-state index is 13.6. The van der Waals surface area contributed by atoms with Gasteiger partial charge in [-0.1, -0.05) is 61.4 Å². The van der Waals surface area contributed by atoms with E-state index in [0.717, 1.165) is 50.0 Å². The Balaban J connectivity index is 1.07. The molecule has 3 aliphatic heterocycles. The molecule has 10 heteroatoms. The summed E-state index contributed by atoms with van der Waals surface area (Å²) in [5.41, 5.74) is 2.70. The summed E-state index contributed by atoms with van der Waals surface area (Å²) in [6, 6.07) is 17.4. The van der Waals surface area contributed by atoms with Gasteiger partial charge in [0, 0.05) is 49.9 Å². The molecule has 0 aromatic heterocycles. The van der Waals surface area contributed by atoms with Gasteiger partial charge in [-0.15, -0.1) is 0 Å². The van der Waals surface area contributed by atoms with E-state index in [1.807, 2.05) is 47.4 Å². The quantitative estimate of drug-likeness (QED) is 0.542. The van der Waals surface area contributed by atoms with Crippen LogP contribution in [0.4, 0.5) is 11.4 Å². The normalized spacial score (nSPS) is 20.7. The molecular weight excluding hydrogens is 536 g/mol. The highest BCUT2D eigenvalue weighted by Crippen LogP contribution is 2.34. The average Bonchev–Trinajstić information content (AvgIpc) is 3.36. The molecule has 0 bridgehead atoms. The van der Waals surface area contributed by atoms with Gasteiger partial charge >= 0.3 is 0 Å². The Hall–Kier alpha value is -3.66. The SMILES string of the molecule is O=C(CSC1=Nc2ccccc2C2=NC(CCC(=O)N3CCN(c4ccccc4)CC3)C(=O)N12)NC1CCCCC1. The Morgan fingerprint density at radius 2 is 1.66 bits per heavy atom. The van der Waals surface area contributed by atoms with Crippen LogP contribution in [-0.4, -0.2) is 82.5 Å². The molecule has 2 aromatic rings. The Morgan fingerprint density at radius 1 is 0.927 bits per heavy atom. The number of hydrogen-bond donors (Lipinski definition) is 1. The lowest BCUT2D eigenvalue weighted by molar-refractivity contribution is -0.132. The number of amidine groups is 2. The van der Waals surface area contributed by atoms with Gasteiger partial charge in [0.15, 0.2) is 5.17 Å². The predicted molar refractivity (Wildman–Crippen MR) is 163 cm³/mol. The molecular formula is C31H36N6O3S. The van der Waals surface area contributed by atoms with E-state index in [0.29, 0.717) is 30.5 Å². The number of piperazine rings is 1. The number of amides is 3. The van der Waals surface area contributed by atoms with E-state index in [1.54, 1.807) is 4.90 Å². The minimum atomic E-state index is -0.646. The number of nitrogens with one attached hydrogen (secondary N) is 1. The fourth-order valence-electron chi connectivity index (χ4n) is 6.00. The molecule has 6 rings (SSSR count). The molecule has 1 saturated heterocycles. The Labute approximate surface area is 245 Å². The molecule has 1 aliphatic carbocycles. The van der Waals surface area contributed by atoms with Crippen LogP contribution in [0.15, 0.2) is 64.6 Å². The molecule has 41 heavy (non-hydrogen) atoms. The molecule has 1 N–H and O–H groups in total. The number of rotatable bonds is 7. The number of nitrogens with zero attached hydrogens (tertiary/aromatic N) is 5. The zero-order chi connectivity index (χ0) is 28.2. The topological polar surface area (TPSA) is 97.7 Å². The van der Waals surface area contributed by atoms with Crippen LogP contribution >= 0.6 is 11.8 Å². The molecule has 0 radical (unpaired) electrons. The third-order valence-corrected chi connectivity index (χ3v) is 9.17. The highest BCUT2D eigenvalue weighted by atomic mass is 32.2. The molecule has 0 spiro atoms. The average molecular weight is 573 g/mol. The van der Waals surface area contributed by atoms with Crippen LogP contribution < -0.4 is 10.2 Å². The number of anilines is 1. The Bertz CT molecular complexity index is 1350. The smallest absolute Gasteiger partial charge is 0.259 e. The van der Waals surface area contributed by atoms with Crippen molar-refractivity contribution in [3.63, 3.8) is 0 Å². The minimum absolute atomic E-state index is 0.0388. The second-order valence-electron chi connectivity index (χ2n) is 11.0. The first-order chi connectivity index (χ1) is 20.1. The summed E-state index contributed by atoms with van der Waals surface area (Å²) in [5, 5.41) is 3.61. The van der Waals surface area contributed by atoms with Crippen molar-refractivity contribution in [2.75, 3.05) is 36.8 Å². The molecule has 1 unspecified atom stereocenters. The lowest BCUT2D eigenvalue weighted by atomic mass is 9.95. The van der Waals surface area contributed by atoms with Crippen LogP contribution in [0.1, 0.15) is 50.5 Å². The molecule has 214 valence electrons. The minimum Gasteiger partial charge on any atom is -0.368 e. The van der Waals surface area contributed by atoms with E-state index in [1.165, 1.54) is 23.9 Å². The van der Waals surface area contributed by atoms with Gasteiger partial charge in [-0.2, -0.15) is 0 Å². The second kappa shape index (κ2) is 12.5. The summed E-state index contributed by atoms with van der Waals surface area (Å²) < 4.78 is 0. The second-order valence-corrected chi connectivity index (χ2v) is 11.9. The van der Waals surface area contributed by atoms with Gasteiger partial charge in [0.1, 0.15) is 11.9 Å². The van der Waals surface area contributed by atoms with E-state index in [-0.39, 0.29) is 35.9 Å². The lowest BCUT2D eigenvalue weighted by Gasteiger charge is -2.36. The number of para-hydroxylation sites is 2. The van der Waals surface area contributed by atoms with Crippen molar-refractivity contribution in [3.05, 3.63) is 60.2 Å². The molecule has 9 nitrogen and oxygen atoms in total. The van der Waals surface area contributed by atoms with Gasteiger partial charge in [0.2, 0.25) is 11.8 Å². The number of fused-ring (bicyclic) bond motifs is 3. The number of carbonyl (C=O) groups excluding carboxylic acids is 3. The highest BCUT2D eigenvalue weighted by molar-refractivity contribution is 8.14. The zero-order valence-electron chi connectivity index (χ0n) is 23.2. The molecule has 1 atom stereocenters. The summed E-state index contributed by atoms with van der Waals surface area (Å²) in [5.74, 6) is 0.578. The molecule has 3 amide bonds. The fourth-order valence-corrected chi connectivity index (χ4v) is 6.82. The maximum Gasteiger partial charge on any atom is 0.259 e. The van der Waals surface area contributed by atoms with Crippen LogP contribution in [0, 0.1) is 0 Å². The molecule has 1 saturated carbocycles. The Morgan fingerprint density at radius 3 is 2.44 bits per heavy atom. The van der Waals surface area contributed by atoms with Gasteiger partial charge in [-0.3, -0.25) is 19.4 Å². The number of hydrogen-bond acceptors (Lipinski definition) is 7. The summed E-state index contributed by atoms with van der Waals surface area (Å²) in [6.07, 6.45) is 6.18. The van der Waals surface area contributed by atoms with Crippen LogP contribution in [0.2, 0.25) is 0 Å². The van der Waals surface area contributed by atoms with Crippen LogP contribution in [0.25, 0.3) is 0 Å². The predicted octanol–water partition coefficient (Wildman–Crippen LogP) is 3.96. The van der Waals surface area contributed by atoms with Gasteiger partial charge in [-0.05, 0) is 43.5 Å². The van der Waals surface area contributed by atoms with Gasteiger partial charge in [0.05, 0.1) is 11.4 Å². The largest absolute Gasteiger partial charge is 0.368 e. The molecule has 3 heterocycles. The van der Waals surface area contributed by atoms with E-state index in [4.69, 9.17) is 9.98 Å². The number of aliphatic imine (C=N–C) groups is 2. The van der Waals surface area contributed by atoms with Crippen molar-refractivity contribution in [3.8, 4) is 0 Å². The van der Waals surface area contributed by atoms with E-state index in [2.05, 4.69) is 22.3 Å². The lowest BCUT2D eigenvalue weighted by Crippen LogP contribution is -2.49. The molecule has 2 aromatic carbocycles. The standard InChI is InChI=1S/C31H36N6O3S/c38-27(32-22-9-3-1-4-10-22)21-41-31-34-25-14-8-7-13-24(25)29-33-26(30(40)37(29)31)15-16-28(39)36-19-17-35(18-20-36)23-11-5-2-6-12-23/h2,5-8,11-14,22,26H,1,3-4,9-10,15-21H2,(H,32,38). The summed E-state index contributed by atoms with van der Waals surface area (Å²) in [7, 11) is 0. The highest BCUT2D eigenvalue weighted by Gasteiger charge is 2.41. The van der Waals surface area contributed by atoms with Crippen molar-refractivity contribution in [1.82, 2.24) is 15.1 Å². The zero-order valence-corrected chi connectivity index (χ0v) is 24.0. The monoisotopic (exact) mass is 572 g/mol. The van der Waals surface area contributed by atoms with Crippen molar-refractivity contribution in [2.45, 2.75) is 57.0 Å². The third-order valence-electron chi connectivity index (χ3n) is 8.24. The van der Waals surface area contributed by atoms with E-state index >= 15 is 0 Å². The van der Waals surface area contributed by atoms with Crippen LogP contribution in [0.5, 0.6) is 0 Å². The van der Waals surface area contributed by atoms with E-state index in [9.17, 15) is 14.4 Å². The number of benzene rings is 2. The first kappa shape index (κ1) is 27.5. The van der Waals surface area contributed by atoms with Crippen molar-refractivity contribution < 1.29 is 14.4 Å². The number of carbonyl (C=O) groups is 3. The Kier molecular flexibility index (Phi) is 8.36. The van der Waals surface area contributed by atoms with E-state index < -0.39 is 6.04 Å². The van der Waals surface area contributed by atoms with Crippen molar-refractivity contribution in [2.24, 2.45) is 9.98 Å². The summed E-state index contributed by atoms with van der Waals surface area (Å²) in [4.78, 5) is 54.6. The number of thioether (sulfide) groups is 1. The maximum atomic E-state index is 13.6. The van der Waals surface area contributed by atoms with Crippen LogP contribution in [0.3, 0.4) is 0 Å². The van der Waals surface area contributed by atoms with Gasteiger partial charge in [0.25, 0.3) is 5.91 Å². The van der Waals surface area contributed by atoms with Crippen LogP contribution in [-0.2, 0) is 14.4 Å². The first-order valence-electron chi connectivity index (χ1n) is 14.7. The summed E-state index contributed by atoms with van der Waals surface area (Å²) in [6.45, 7) is 2.90. The molecule has 2 fully saturated rings. The molecule has 4 aliphatic rings. The fraction of sp³-hybridized carbons (Fsp3) is 0.452. The van der Waals surface area contributed by atoms with Crippen molar-refractivity contribution in [1.29, 1.82) is 0 Å².